The number of carbonyl (C=O) groups excluding carboxylic acids is 1. The van der Waals surface area contributed by atoms with Crippen LogP contribution in [0.25, 0.3) is 0 Å². The number of rotatable bonds is 3. The van der Waals surface area contributed by atoms with Gasteiger partial charge in [-0.1, -0.05) is 0 Å². The van der Waals surface area contributed by atoms with Crippen LogP contribution in [0, 0.1) is 0 Å². The molecule has 0 saturated carbocycles. The molecular formula is C11H16N4O3. The Morgan fingerprint density at radius 3 is 3.22 bits per heavy atom. The van der Waals surface area contributed by atoms with Gasteiger partial charge < -0.3 is 20.1 Å². The second-order valence-electron chi connectivity index (χ2n) is 3.95. The molecule has 1 saturated heterocycles. The summed E-state index contributed by atoms with van der Waals surface area (Å²) >= 11 is 0. The first kappa shape index (κ1) is 12.7. The molecule has 2 heterocycles. The van der Waals surface area contributed by atoms with Crippen molar-refractivity contribution in [1.82, 2.24) is 14.9 Å². The molecule has 98 valence electrons. The van der Waals surface area contributed by atoms with Crippen molar-refractivity contribution in [2.24, 2.45) is 0 Å². The molecule has 0 aromatic carbocycles. The summed E-state index contributed by atoms with van der Waals surface area (Å²) in [4.78, 5) is 21.9. The number of nitrogens with zero attached hydrogens (tertiary/aromatic N) is 3. The van der Waals surface area contributed by atoms with Crippen LogP contribution in [0.15, 0.2) is 12.4 Å². The smallest absolute Gasteiger partial charge is 0.274 e. The van der Waals surface area contributed by atoms with Crippen molar-refractivity contribution in [1.29, 1.82) is 0 Å². The Labute approximate surface area is 105 Å². The molecule has 7 nitrogen and oxygen atoms in total. The van der Waals surface area contributed by atoms with E-state index in [1.54, 1.807) is 18.1 Å². The van der Waals surface area contributed by atoms with E-state index in [1.807, 2.05) is 0 Å². The van der Waals surface area contributed by atoms with Gasteiger partial charge in [0.15, 0.2) is 0 Å². The van der Waals surface area contributed by atoms with E-state index in [9.17, 15) is 9.90 Å². The molecule has 1 aliphatic rings. The number of aliphatic hydroxyl groups is 1. The van der Waals surface area contributed by atoms with Gasteiger partial charge in [0, 0.05) is 13.6 Å². The van der Waals surface area contributed by atoms with Crippen LogP contribution >= 0.6 is 0 Å². The highest BCUT2D eigenvalue weighted by Crippen LogP contribution is 2.11. The van der Waals surface area contributed by atoms with Gasteiger partial charge in [-0.25, -0.2) is 4.98 Å². The van der Waals surface area contributed by atoms with E-state index >= 15 is 0 Å². The van der Waals surface area contributed by atoms with Crippen molar-refractivity contribution < 1.29 is 14.6 Å². The van der Waals surface area contributed by atoms with Crippen molar-refractivity contribution in [3.63, 3.8) is 0 Å². The molecule has 18 heavy (non-hydrogen) atoms. The van der Waals surface area contributed by atoms with Gasteiger partial charge in [0.25, 0.3) is 5.91 Å². The Bertz CT molecular complexity index is 427. The van der Waals surface area contributed by atoms with E-state index in [-0.39, 0.29) is 24.2 Å². The van der Waals surface area contributed by atoms with Gasteiger partial charge in [0.05, 0.1) is 38.3 Å². The zero-order chi connectivity index (χ0) is 13.0. The summed E-state index contributed by atoms with van der Waals surface area (Å²) in [6, 6.07) is -0.314. The lowest BCUT2D eigenvalue weighted by Gasteiger charge is -2.34. The van der Waals surface area contributed by atoms with Gasteiger partial charge >= 0.3 is 0 Å². The standard InChI is InChI=1S/C11H16N4O3/c1-12-10-5-13-4-9(14-10)11(17)15-2-3-18-7-8(15)6-16/h4-5,8,16H,2-3,6-7H2,1H3,(H,12,14). The third kappa shape index (κ3) is 2.57. The van der Waals surface area contributed by atoms with Crippen LogP contribution in [0.3, 0.4) is 0 Å². The van der Waals surface area contributed by atoms with Crippen LogP contribution in [0.5, 0.6) is 0 Å². The summed E-state index contributed by atoms with van der Waals surface area (Å²) in [6.07, 6.45) is 2.96. The molecule has 1 fully saturated rings. The highest BCUT2D eigenvalue weighted by molar-refractivity contribution is 5.92. The molecule has 1 aromatic rings. The van der Waals surface area contributed by atoms with E-state index < -0.39 is 0 Å². The van der Waals surface area contributed by atoms with Gasteiger partial charge in [-0.05, 0) is 0 Å². The summed E-state index contributed by atoms with van der Waals surface area (Å²) in [5.41, 5.74) is 0.266. The van der Waals surface area contributed by atoms with Crippen LogP contribution in [-0.4, -0.2) is 65.3 Å². The SMILES string of the molecule is CNc1cncc(C(=O)N2CCOCC2CO)n1. The van der Waals surface area contributed by atoms with Crippen molar-refractivity contribution in [2.75, 3.05) is 38.7 Å². The topological polar surface area (TPSA) is 87.6 Å². The van der Waals surface area contributed by atoms with Crippen LogP contribution in [0.4, 0.5) is 5.82 Å². The first-order chi connectivity index (χ1) is 8.76. The molecule has 1 aromatic heterocycles. The zero-order valence-electron chi connectivity index (χ0n) is 10.2. The first-order valence-corrected chi connectivity index (χ1v) is 5.75. The molecule has 0 spiro atoms. The van der Waals surface area contributed by atoms with Crippen LogP contribution in [0.1, 0.15) is 10.5 Å². The van der Waals surface area contributed by atoms with Crippen molar-refractivity contribution >= 4 is 11.7 Å². The number of ether oxygens (including phenoxy) is 1. The van der Waals surface area contributed by atoms with Crippen LogP contribution in [0.2, 0.25) is 0 Å². The molecule has 2 N–H and O–H groups in total. The lowest BCUT2D eigenvalue weighted by molar-refractivity contribution is -0.0186. The summed E-state index contributed by atoms with van der Waals surface area (Å²) in [7, 11) is 1.71. The Morgan fingerprint density at radius 2 is 2.50 bits per heavy atom. The minimum Gasteiger partial charge on any atom is -0.394 e. The minimum atomic E-state index is -0.314. The predicted molar refractivity (Wildman–Crippen MR) is 64.3 cm³/mol. The van der Waals surface area contributed by atoms with Crippen LogP contribution in [-0.2, 0) is 4.74 Å². The number of anilines is 1. The van der Waals surface area contributed by atoms with Gasteiger partial charge in [0.2, 0.25) is 0 Å². The second-order valence-corrected chi connectivity index (χ2v) is 3.95. The average molecular weight is 252 g/mol. The van der Waals surface area contributed by atoms with E-state index in [0.29, 0.717) is 25.6 Å². The Kier molecular flexibility index (Phi) is 4.06. The Balaban J connectivity index is 2.18. The lowest BCUT2D eigenvalue weighted by Crippen LogP contribution is -2.50. The molecular weight excluding hydrogens is 236 g/mol. The molecule has 1 unspecified atom stereocenters. The van der Waals surface area contributed by atoms with E-state index in [4.69, 9.17) is 4.74 Å². The number of amides is 1. The largest absolute Gasteiger partial charge is 0.394 e. The Hall–Kier alpha value is -1.73. The second kappa shape index (κ2) is 5.74. The van der Waals surface area contributed by atoms with Crippen LogP contribution < -0.4 is 5.32 Å². The van der Waals surface area contributed by atoms with E-state index in [0.717, 1.165) is 0 Å². The van der Waals surface area contributed by atoms with Gasteiger partial charge in [-0.15, -0.1) is 0 Å². The molecule has 0 bridgehead atoms. The molecule has 1 aliphatic heterocycles. The Morgan fingerprint density at radius 1 is 1.67 bits per heavy atom. The van der Waals surface area contributed by atoms with E-state index in [1.165, 1.54) is 6.20 Å². The summed E-state index contributed by atoms with van der Waals surface area (Å²) in [5, 5.41) is 12.1. The molecule has 0 aliphatic carbocycles. The van der Waals surface area contributed by atoms with E-state index in [2.05, 4.69) is 15.3 Å². The molecule has 1 atom stereocenters. The number of morpholine rings is 1. The maximum atomic E-state index is 12.3. The fourth-order valence-corrected chi connectivity index (χ4v) is 1.81. The highest BCUT2D eigenvalue weighted by atomic mass is 16.5. The van der Waals surface area contributed by atoms with Crippen molar-refractivity contribution in [3.8, 4) is 0 Å². The molecule has 7 heteroatoms. The fraction of sp³-hybridized carbons (Fsp3) is 0.545. The first-order valence-electron chi connectivity index (χ1n) is 5.75. The molecule has 2 rings (SSSR count). The number of aliphatic hydroxyl groups excluding tert-OH is 1. The highest BCUT2D eigenvalue weighted by Gasteiger charge is 2.28. The van der Waals surface area contributed by atoms with Gasteiger partial charge in [-0.3, -0.25) is 9.78 Å². The number of aromatic nitrogens is 2. The normalized spacial score (nSPS) is 19.7. The third-order valence-corrected chi connectivity index (χ3v) is 2.81. The third-order valence-electron chi connectivity index (χ3n) is 2.81. The number of carbonyl (C=O) groups is 1. The minimum absolute atomic E-state index is 0.120. The maximum absolute atomic E-state index is 12.3. The fourth-order valence-electron chi connectivity index (χ4n) is 1.81. The van der Waals surface area contributed by atoms with Crippen molar-refractivity contribution in [2.45, 2.75) is 6.04 Å². The summed E-state index contributed by atoms with van der Waals surface area (Å²) in [6.45, 7) is 1.16. The van der Waals surface area contributed by atoms with Gasteiger partial charge in [-0.2, -0.15) is 0 Å². The monoisotopic (exact) mass is 252 g/mol. The van der Waals surface area contributed by atoms with Crippen molar-refractivity contribution in [3.05, 3.63) is 18.1 Å². The lowest BCUT2D eigenvalue weighted by atomic mass is 10.2. The zero-order valence-corrected chi connectivity index (χ0v) is 10.2. The summed E-state index contributed by atoms with van der Waals surface area (Å²) < 4.78 is 5.23. The quantitative estimate of drug-likeness (QED) is 0.743. The number of hydrogen-bond donors (Lipinski definition) is 2. The number of nitrogens with one attached hydrogen (secondary N) is 1. The average Bonchev–Trinajstić information content (AvgIpc) is 2.46. The van der Waals surface area contributed by atoms with Gasteiger partial charge in [0.1, 0.15) is 11.5 Å². The molecule has 1 amide bonds. The maximum Gasteiger partial charge on any atom is 0.274 e. The summed E-state index contributed by atoms with van der Waals surface area (Å²) in [5.74, 6) is 0.302. The number of hydrogen-bond acceptors (Lipinski definition) is 6. The predicted octanol–water partition coefficient (Wildman–Crippen LogP) is -0.648. The molecule has 0 radical (unpaired) electrons.